The van der Waals surface area contributed by atoms with Crippen molar-refractivity contribution in [1.29, 1.82) is 0 Å². The number of hydrogen-bond acceptors (Lipinski definition) is 5. The minimum atomic E-state index is -1.10. The summed E-state index contributed by atoms with van der Waals surface area (Å²) in [5, 5.41) is 21.2. The second-order valence-corrected chi connectivity index (χ2v) is 7.67. The molecule has 0 aromatic heterocycles. The standard InChI is InChI=1S/C24H43NO4.2Na/c1-2-3-4-5-6-7-8-9-10-11-12-13-14-15-16-17-20-25(21-18-23(26)27)22-19-24(28)29;;/h6-7,9-10H,2-5,8,11-22H2,1H3,(H,26,27)(H,28,29);;/q;2*+1/p-2/b7-6-,10-9-;;. The molecule has 0 aliphatic rings. The summed E-state index contributed by atoms with van der Waals surface area (Å²) in [6.07, 6.45) is 23.1. The second-order valence-electron chi connectivity index (χ2n) is 7.67. The van der Waals surface area contributed by atoms with Crippen molar-refractivity contribution >= 4 is 11.9 Å². The van der Waals surface area contributed by atoms with Crippen molar-refractivity contribution in [3.63, 3.8) is 0 Å². The van der Waals surface area contributed by atoms with E-state index in [1.165, 1.54) is 51.4 Å². The molecule has 0 aromatic rings. The van der Waals surface area contributed by atoms with E-state index >= 15 is 0 Å². The Morgan fingerprint density at radius 1 is 0.645 bits per heavy atom. The quantitative estimate of drug-likeness (QED) is 0.108. The van der Waals surface area contributed by atoms with Gasteiger partial charge in [0.1, 0.15) is 0 Å². The molecule has 0 saturated carbocycles. The van der Waals surface area contributed by atoms with Crippen LogP contribution >= 0.6 is 0 Å². The number of hydrogen-bond donors (Lipinski definition) is 0. The largest absolute Gasteiger partial charge is 1.00 e. The fraction of sp³-hybridized carbons (Fsp3) is 0.750. The predicted octanol–water partition coefficient (Wildman–Crippen LogP) is -2.61. The Balaban J connectivity index is -0.00000392. The van der Waals surface area contributed by atoms with Crippen molar-refractivity contribution in [1.82, 2.24) is 4.90 Å². The molecule has 0 fully saturated rings. The normalized spacial score (nSPS) is 11.0. The first-order chi connectivity index (χ1) is 14.1. The smallest absolute Gasteiger partial charge is 0.550 e. The van der Waals surface area contributed by atoms with E-state index in [4.69, 9.17) is 0 Å². The molecule has 0 heterocycles. The van der Waals surface area contributed by atoms with E-state index in [-0.39, 0.29) is 72.0 Å². The van der Waals surface area contributed by atoms with E-state index < -0.39 is 11.9 Å². The number of carbonyl (C=O) groups is 2. The predicted molar refractivity (Wildman–Crippen MR) is 115 cm³/mol. The Bertz CT molecular complexity index is 452. The third-order valence-corrected chi connectivity index (χ3v) is 4.94. The Kier molecular flexibility index (Phi) is 33.0. The maximum absolute atomic E-state index is 10.6. The summed E-state index contributed by atoms with van der Waals surface area (Å²) in [5.74, 6) is -2.19. The molecule has 0 bridgehead atoms. The number of carboxylic acids is 2. The number of unbranched alkanes of at least 4 members (excludes halogenated alkanes) is 9. The van der Waals surface area contributed by atoms with Gasteiger partial charge in [-0.05, 0) is 57.9 Å². The molecule has 0 unspecified atom stereocenters. The molecule has 0 aliphatic carbocycles. The van der Waals surface area contributed by atoms with Crippen LogP contribution in [0, 0.1) is 0 Å². The second kappa shape index (κ2) is 28.4. The summed E-state index contributed by atoms with van der Waals surface area (Å²) in [6, 6.07) is 0. The first-order valence-electron chi connectivity index (χ1n) is 11.5. The molecule has 0 radical (unpaired) electrons. The van der Waals surface area contributed by atoms with Crippen molar-refractivity contribution in [2.45, 2.75) is 96.8 Å². The molecule has 0 atom stereocenters. The number of carboxylic acid groups (broad SMARTS) is 2. The van der Waals surface area contributed by atoms with Gasteiger partial charge in [0.2, 0.25) is 0 Å². The van der Waals surface area contributed by atoms with Gasteiger partial charge in [-0.2, -0.15) is 0 Å². The number of aliphatic carboxylic acids is 2. The number of rotatable bonds is 21. The average Bonchev–Trinajstić information content (AvgIpc) is 2.68. The Hall–Kier alpha value is 0.380. The molecule has 0 N–H and O–H groups in total. The molecule has 0 saturated heterocycles. The first-order valence-corrected chi connectivity index (χ1v) is 11.5. The molecule has 7 heteroatoms. The van der Waals surface area contributed by atoms with Crippen LogP contribution in [0.2, 0.25) is 0 Å². The molecule has 0 rings (SSSR count). The van der Waals surface area contributed by atoms with Crippen LogP contribution in [0.4, 0.5) is 0 Å². The Labute approximate surface area is 234 Å². The van der Waals surface area contributed by atoms with Crippen LogP contribution in [0.1, 0.15) is 96.8 Å². The zero-order valence-corrected chi connectivity index (χ0v) is 24.4. The van der Waals surface area contributed by atoms with Gasteiger partial charge in [0.15, 0.2) is 0 Å². The first kappa shape index (κ1) is 36.0. The molecule has 0 amide bonds. The van der Waals surface area contributed by atoms with Gasteiger partial charge in [0.05, 0.1) is 0 Å². The van der Waals surface area contributed by atoms with Crippen LogP contribution in [0.25, 0.3) is 0 Å². The van der Waals surface area contributed by atoms with Crippen molar-refractivity contribution in [2.75, 3.05) is 19.6 Å². The maximum atomic E-state index is 10.6. The summed E-state index contributed by atoms with van der Waals surface area (Å²) in [5.41, 5.74) is 0. The number of allylic oxidation sites excluding steroid dienone is 4. The van der Waals surface area contributed by atoms with Crippen LogP contribution < -0.4 is 69.3 Å². The molecule has 0 aromatic carbocycles. The maximum Gasteiger partial charge on any atom is 1.00 e. The summed E-state index contributed by atoms with van der Waals surface area (Å²) in [6.45, 7) is 3.65. The molecule has 31 heavy (non-hydrogen) atoms. The van der Waals surface area contributed by atoms with Crippen molar-refractivity contribution in [2.24, 2.45) is 0 Å². The van der Waals surface area contributed by atoms with E-state index in [9.17, 15) is 19.8 Å². The summed E-state index contributed by atoms with van der Waals surface area (Å²) in [7, 11) is 0. The minimum absolute atomic E-state index is 0. The average molecular weight is 454 g/mol. The van der Waals surface area contributed by atoms with E-state index in [1.54, 1.807) is 0 Å². The van der Waals surface area contributed by atoms with E-state index in [1.807, 2.05) is 4.90 Å². The third-order valence-electron chi connectivity index (χ3n) is 4.94. The van der Waals surface area contributed by atoms with Crippen molar-refractivity contribution < 1.29 is 78.9 Å². The van der Waals surface area contributed by atoms with Gasteiger partial charge in [-0.1, -0.05) is 69.8 Å². The van der Waals surface area contributed by atoms with E-state index in [0.717, 1.165) is 32.2 Å². The monoisotopic (exact) mass is 453 g/mol. The Morgan fingerprint density at radius 2 is 1.10 bits per heavy atom. The molecule has 0 spiro atoms. The van der Waals surface area contributed by atoms with Crippen LogP contribution in [-0.4, -0.2) is 36.5 Å². The summed E-state index contributed by atoms with van der Waals surface area (Å²) < 4.78 is 0. The third kappa shape index (κ3) is 30.4. The molecular weight excluding hydrogens is 412 g/mol. The van der Waals surface area contributed by atoms with Crippen LogP contribution in [-0.2, 0) is 9.59 Å². The molecule has 0 aliphatic heterocycles. The van der Waals surface area contributed by atoms with Crippen molar-refractivity contribution in [3.8, 4) is 0 Å². The van der Waals surface area contributed by atoms with Gasteiger partial charge >= 0.3 is 59.1 Å². The van der Waals surface area contributed by atoms with Gasteiger partial charge in [0.25, 0.3) is 0 Å². The summed E-state index contributed by atoms with van der Waals surface area (Å²) in [4.78, 5) is 23.1. The van der Waals surface area contributed by atoms with Crippen LogP contribution in [0.5, 0.6) is 0 Å². The Morgan fingerprint density at radius 3 is 1.58 bits per heavy atom. The van der Waals surface area contributed by atoms with Crippen LogP contribution in [0.15, 0.2) is 24.3 Å². The fourth-order valence-electron chi connectivity index (χ4n) is 3.16. The number of carbonyl (C=O) groups excluding carboxylic acids is 2. The topological polar surface area (TPSA) is 83.5 Å². The minimum Gasteiger partial charge on any atom is -0.550 e. The fourth-order valence-corrected chi connectivity index (χ4v) is 3.16. The molecular formula is C24H41NNa2O4. The number of nitrogens with zero attached hydrogens (tertiary/aromatic N) is 1. The molecule has 168 valence electrons. The SMILES string of the molecule is CCCCC/C=C\C/C=C\CCCCCCCCN(CCC(=O)[O-])CCC(=O)[O-].[Na+].[Na+]. The van der Waals surface area contributed by atoms with Gasteiger partial charge in [-0.25, -0.2) is 0 Å². The summed E-state index contributed by atoms with van der Waals surface area (Å²) >= 11 is 0. The van der Waals surface area contributed by atoms with Gasteiger partial charge in [0, 0.05) is 25.0 Å². The van der Waals surface area contributed by atoms with Crippen molar-refractivity contribution in [3.05, 3.63) is 24.3 Å². The van der Waals surface area contributed by atoms with Gasteiger partial charge in [-0.15, -0.1) is 0 Å². The van der Waals surface area contributed by atoms with E-state index in [2.05, 4.69) is 31.2 Å². The van der Waals surface area contributed by atoms with E-state index in [0.29, 0.717) is 13.1 Å². The van der Waals surface area contributed by atoms with Crippen LogP contribution in [0.3, 0.4) is 0 Å². The molecule has 5 nitrogen and oxygen atoms in total. The van der Waals surface area contributed by atoms with Gasteiger partial charge in [-0.3, -0.25) is 0 Å². The zero-order valence-electron chi connectivity index (χ0n) is 20.4. The zero-order chi connectivity index (χ0) is 21.6. The van der Waals surface area contributed by atoms with Gasteiger partial charge < -0.3 is 24.7 Å².